The maximum atomic E-state index is 13.0. The second kappa shape index (κ2) is 8.61. The summed E-state index contributed by atoms with van der Waals surface area (Å²) in [4.78, 5) is 27.3. The molecule has 1 amide bonds. The quantitative estimate of drug-likeness (QED) is 0.423. The standard InChI is InChI=1S/C24H27NO5/c1-5-6-11-25-21(16-9-10-19(30-4)18(26)13-16)20(23(28)24(25)29)22(27)17-12-14(2)7-8-15(17)3/h7-10,12-13,21,26-27H,5-6,11H2,1-4H3/b22-20+. The lowest BCUT2D eigenvalue weighted by atomic mass is 9.93. The number of benzene rings is 2. The fourth-order valence-corrected chi connectivity index (χ4v) is 3.80. The summed E-state index contributed by atoms with van der Waals surface area (Å²) < 4.78 is 5.11. The Bertz CT molecular complexity index is 1020. The van der Waals surface area contributed by atoms with Crippen LogP contribution in [0.15, 0.2) is 42.0 Å². The molecule has 6 nitrogen and oxygen atoms in total. The number of rotatable bonds is 6. The van der Waals surface area contributed by atoms with Crippen LogP contribution in [-0.2, 0) is 9.59 Å². The number of likely N-dealkylation sites (tertiary alicyclic amines) is 1. The average molecular weight is 409 g/mol. The highest BCUT2D eigenvalue weighted by Gasteiger charge is 2.46. The molecule has 2 aromatic rings. The first-order valence-electron chi connectivity index (χ1n) is 10.0. The molecule has 0 bridgehead atoms. The first-order chi connectivity index (χ1) is 14.3. The van der Waals surface area contributed by atoms with Gasteiger partial charge >= 0.3 is 0 Å². The molecule has 1 saturated heterocycles. The normalized spacial score (nSPS) is 18.1. The van der Waals surface area contributed by atoms with Crippen LogP contribution in [0.2, 0.25) is 0 Å². The number of aryl methyl sites for hydroxylation is 2. The van der Waals surface area contributed by atoms with Crippen molar-refractivity contribution in [3.63, 3.8) is 0 Å². The second-order valence-electron chi connectivity index (χ2n) is 7.60. The maximum absolute atomic E-state index is 13.0. The highest BCUT2D eigenvalue weighted by Crippen LogP contribution is 2.42. The third kappa shape index (κ3) is 3.77. The van der Waals surface area contributed by atoms with Crippen LogP contribution in [0, 0.1) is 13.8 Å². The monoisotopic (exact) mass is 409 g/mol. The third-order valence-electron chi connectivity index (χ3n) is 5.46. The summed E-state index contributed by atoms with van der Waals surface area (Å²) in [5, 5.41) is 21.4. The third-order valence-corrected chi connectivity index (χ3v) is 5.46. The molecule has 1 heterocycles. The number of phenolic OH excluding ortho intramolecular Hbond substituents is 1. The number of aliphatic hydroxyl groups excluding tert-OH is 1. The number of Topliss-reactive ketones (excluding diaryl/α,β-unsaturated/α-hetero) is 1. The van der Waals surface area contributed by atoms with Crippen molar-refractivity contribution in [2.45, 2.75) is 39.7 Å². The van der Waals surface area contributed by atoms with Crippen molar-refractivity contribution in [3.8, 4) is 11.5 Å². The number of methoxy groups -OCH3 is 1. The van der Waals surface area contributed by atoms with Gasteiger partial charge in [-0.1, -0.05) is 37.1 Å². The Morgan fingerprint density at radius 3 is 2.50 bits per heavy atom. The molecule has 30 heavy (non-hydrogen) atoms. The highest BCUT2D eigenvalue weighted by atomic mass is 16.5. The number of aromatic hydroxyl groups is 1. The number of unbranched alkanes of at least 4 members (excludes halogenated alkanes) is 1. The van der Waals surface area contributed by atoms with Gasteiger partial charge in [-0.05, 0) is 49.6 Å². The van der Waals surface area contributed by atoms with Gasteiger partial charge in [0.2, 0.25) is 0 Å². The molecule has 1 aliphatic rings. The molecule has 0 aliphatic carbocycles. The van der Waals surface area contributed by atoms with Crippen LogP contribution in [-0.4, -0.2) is 40.5 Å². The van der Waals surface area contributed by atoms with Gasteiger partial charge in [-0.25, -0.2) is 0 Å². The van der Waals surface area contributed by atoms with Gasteiger partial charge in [-0.15, -0.1) is 0 Å². The van der Waals surface area contributed by atoms with Crippen molar-refractivity contribution in [2.24, 2.45) is 0 Å². The van der Waals surface area contributed by atoms with Gasteiger partial charge in [0.1, 0.15) is 5.76 Å². The lowest BCUT2D eigenvalue weighted by Crippen LogP contribution is -2.30. The van der Waals surface area contributed by atoms with E-state index in [1.54, 1.807) is 18.2 Å². The molecule has 6 heteroatoms. The van der Waals surface area contributed by atoms with E-state index >= 15 is 0 Å². The molecule has 0 aromatic heterocycles. The Morgan fingerprint density at radius 2 is 1.87 bits per heavy atom. The molecule has 1 unspecified atom stereocenters. The number of carbonyl (C=O) groups excluding carboxylic acids is 2. The first-order valence-corrected chi connectivity index (χ1v) is 10.0. The van der Waals surface area contributed by atoms with E-state index in [1.165, 1.54) is 18.1 Å². The summed E-state index contributed by atoms with van der Waals surface area (Å²) >= 11 is 0. The second-order valence-corrected chi connectivity index (χ2v) is 7.60. The van der Waals surface area contributed by atoms with E-state index < -0.39 is 17.7 Å². The zero-order valence-corrected chi connectivity index (χ0v) is 17.7. The number of hydrogen-bond acceptors (Lipinski definition) is 5. The van der Waals surface area contributed by atoms with Crippen LogP contribution in [0.3, 0.4) is 0 Å². The van der Waals surface area contributed by atoms with Crippen molar-refractivity contribution in [2.75, 3.05) is 13.7 Å². The Labute approximate surface area is 176 Å². The maximum Gasteiger partial charge on any atom is 0.295 e. The number of ketones is 1. The summed E-state index contributed by atoms with van der Waals surface area (Å²) in [5.41, 5.74) is 2.83. The molecular formula is C24H27NO5. The fraction of sp³-hybridized carbons (Fsp3) is 0.333. The van der Waals surface area contributed by atoms with Crippen molar-refractivity contribution >= 4 is 17.4 Å². The number of aliphatic hydroxyl groups is 1. The number of nitrogens with zero attached hydrogens (tertiary/aromatic N) is 1. The van der Waals surface area contributed by atoms with E-state index in [0.29, 0.717) is 23.4 Å². The van der Waals surface area contributed by atoms with E-state index in [2.05, 4.69) is 0 Å². The first kappa shape index (κ1) is 21.4. The Balaban J connectivity index is 2.22. The lowest BCUT2D eigenvalue weighted by molar-refractivity contribution is -0.139. The zero-order chi connectivity index (χ0) is 22.0. The minimum absolute atomic E-state index is 0.0365. The molecular weight excluding hydrogens is 382 g/mol. The van der Waals surface area contributed by atoms with Crippen LogP contribution < -0.4 is 4.74 Å². The van der Waals surface area contributed by atoms with Crippen LogP contribution in [0.1, 0.15) is 48.1 Å². The summed E-state index contributed by atoms with van der Waals surface area (Å²) in [5.74, 6) is -1.36. The van der Waals surface area contributed by atoms with E-state index in [9.17, 15) is 19.8 Å². The van der Waals surface area contributed by atoms with E-state index in [1.807, 2.05) is 32.9 Å². The summed E-state index contributed by atoms with van der Waals surface area (Å²) in [6, 6.07) is 9.56. The van der Waals surface area contributed by atoms with Crippen molar-refractivity contribution in [1.82, 2.24) is 4.90 Å². The van der Waals surface area contributed by atoms with Gasteiger partial charge in [-0.2, -0.15) is 0 Å². The summed E-state index contributed by atoms with van der Waals surface area (Å²) in [6.45, 7) is 6.12. The van der Waals surface area contributed by atoms with Crippen LogP contribution in [0.25, 0.3) is 5.76 Å². The SMILES string of the molecule is CCCCN1C(=O)C(=O)/C(=C(/O)c2cc(C)ccc2C)C1c1ccc(OC)c(O)c1. The Morgan fingerprint density at radius 1 is 1.13 bits per heavy atom. The van der Waals surface area contributed by atoms with Gasteiger partial charge in [-0.3, -0.25) is 9.59 Å². The number of carbonyl (C=O) groups is 2. The topological polar surface area (TPSA) is 87.1 Å². The van der Waals surface area contributed by atoms with Gasteiger partial charge in [0.15, 0.2) is 11.5 Å². The molecule has 3 rings (SSSR count). The smallest absolute Gasteiger partial charge is 0.295 e. The lowest BCUT2D eigenvalue weighted by Gasteiger charge is -2.25. The fourth-order valence-electron chi connectivity index (χ4n) is 3.80. The van der Waals surface area contributed by atoms with Crippen LogP contribution in [0.5, 0.6) is 11.5 Å². The number of phenols is 1. The molecule has 2 N–H and O–H groups in total. The summed E-state index contributed by atoms with van der Waals surface area (Å²) in [7, 11) is 1.45. The molecule has 158 valence electrons. The van der Waals surface area contributed by atoms with Crippen LogP contribution >= 0.6 is 0 Å². The van der Waals surface area contributed by atoms with E-state index in [0.717, 1.165) is 24.0 Å². The predicted octanol–water partition coefficient (Wildman–Crippen LogP) is 4.24. The van der Waals surface area contributed by atoms with Gasteiger partial charge in [0, 0.05) is 12.1 Å². The minimum Gasteiger partial charge on any atom is -0.507 e. The number of amides is 1. The van der Waals surface area contributed by atoms with Gasteiger partial charge in [0.25, 0.3) is 11.7 Å². The minimum atomic E-state index is -0.784. The Kier molecular flexibility index (Phi) is 6.15. The predicted molar refractivity (Wildman–Crippen MR) is 114 cm³/mol. The van der Waals surface area contributed by atoms with E-state index in [4.69, 9.17) is 4.74 Å². The highest BCUT2D eigenvalue weighted by molar-refractivity contribution is 6.46. The van der Waals surface area contributed by atoms with Gasteiger partial charge in [0.05, 0.1) is 18.7 Å². The molecule has 1 aliphatic heterocycles. The molecule has 0 radical (unpaired) electrons. The molecule has 0 saturated carbocycles. The number of hydrogen-bond donors (Lipinski definition) is 2. The molecule has 2 aromatic carbocycles. The van der Waals surface area contributed by atoms with Crippen molar-refractivity contribution < 1.29 is 24.5 Å². The van der Waals surface area contributed by atoms with Crippen molar-refractivity contribution in [1.29, 1.82) is 0 Å². The molecule has 1 atom stereocenters. The molecule has 0 spiro atoms. The average Bonchev–Trinajstić information content (AvgIpc) is 2.98. The Hall–Kier alpha value is -3.28. The zero-order valence-electron chi connectivity index (χ0n) is 17.7. The van der Waals surface area contributed by atoms with Gasteiger partial charge < -0.3 is 19.8 Å². The van der Waals surface area contributed by atoms with Crippen molar-refractivity contribution in [3.05, 3.63) is 64.2 Å². The largest absolute Gasteiger partial charge is 0.507 e. The number of ether oxygens (including phenoxy) is 1. The van der Waals surface area contributed by atoms with E-state index in [-0.39, 0.29) is 17.1 Å². The molecule has 1 fully saturated rings. The summed E-state index contributed by atoms with van der Waals surface area (Å²) in [6.07, 6.45) is 1.57. The van der Waals surface area contributed by atoms with Crippen LogP contribution in [0.4, 0.5) is 0 Å².